The molecular formula is C14H29N5OS. The van der Waals surface area contributed by atoms with E-state index >= 15 is 0 Å². The van der Waals surface area contributed by atoms with E-state index in [2.05, 4.69) is 27.8 Å². The molecule has 0 radical (unpaired) electrons. The van der Waals surface area contributed by atoms with Gasteiger partial charge in [0.2, 0.25) is 5.16 Å². The maximum atomic E-state index is 4.99. The minimum Gasteiger partial charge on any atom is -0.383 e. The zero-order valence-corrected chi connectivity index (χ0v) is 14.2. The molecule has 122 valence electrons. The summed E-state index contributed by atoms with van der Waals surface area (Å²) in [4.78, 5) is 0. The molecule has 1 heterocycles. The Kier molecular flexibility index (Phi) is 11.4. The van der Waals surface area contributed by atoms with Gasteiger partial charge in [0.25, 0.3) is 0 Å². The Morgan fingerprint density at radius 3 is 2.76 bits per heavy atom. The summed E-state index contributed by atoms with van der Waals surface area (Å²) in [5.74, 6) is 1.10. The van der Waals surface area contributed by atoms with Crippen LogP contribution in [0.15, 0.2) is 5.16 Å². The molecule has 0 atom stereocenters. The van der Waals surface area contributed by atoms with Gasteiger partial charge in [0.05, 0.1) is 13.2 Å². The Morgan fingerprint density at radius 2 is 1.95 bits per heavy atom. The fourth-order valence-electron chi connectivity index (χ4n) is 1.97. The van der Waals surface area contributed by atoms with Crippen LogP contribution in [0.25, 0.3) is 0 Å². The maximum Gasteiger partial charge on any atom is 0.209 e. The molecular weight excluding hydrogens is 286 g/mol. The van der Waals surface area contributed by atoms with Gasteiger partial charge in [-0.15, -0.1) is 5.10 Å². The topological polar surface area (TPSA) is 64.9 Å². The third-order valence-electron chi connectivity index (χ3n) is 3.21. The van der Waals surface area contributed by atoms with Crippen LogP contribution < -0.4 is 5.32 Å². The highest BCUT2D eigenvalue weighted by Gasteiger charge is 2.05. The highest BCUT2D eigenvalue weighted by atomic mass is 32.2. The number of tetrazole rings is 1. The first-order chi connectivity index (χ1) is 10.4. The third-order valence-corrected chi connectivity index (χ3v) is 4.25. The largest absolute Gasteiger partial charge is 0.383 e. The number of ether oxygens (including phenoxy) is 1. The average molecular weight is 315 g/mol. The minimum atomic E-state index is 0.731. The molecule has 0 aliphatic rings. The van der Waals surface area contributed by atoms with Crippen LogP contribution in [0.4, 0.5) is 0 Å². The quantitative estimate of drug-likeness (QED) is 0.420. The normalized spacial score (nSPS) is 11.1. The van der Waals surface area contributed by atoms with Crippen LogP contribution in [0.2, 0.25) is 0 Å². The molecule has 0 spiro atoms. The fourth-order valence-corrected chi connectivity index (χ4v) is 2.87. The summed E-state index contributed by atoms with van der Waals surface area (Å²) in [7, 11) is 1.71. The molecule has 0 unspecified atom stereocenters. The van der Waals surface area contributed by atoms with Crippen molar-refractivity contribution in [2.24, 2.45) is 0 Å². The summed E-state index contributed by atoms with van der Waals surface area (Å²) in [6.45, 7) is 5.50. The van der Waals surface area contributed by atoms with Crippen LogP contribution in [0.5, 0.6) is 0 Å². The van der Waals surface area contributed by atoms with Gasteiger partial charge in [0.1, 0.15) is 0 Å². The fraction of sp³-hybridized carbons (Fsp3) is 0.929. The molecule has 7 heteroatoms. The SMILES string of the molecule is CCCCCCCCSc1nnnn1CCNCCOC. The van der Waals surface area contributed by atoms with Crippen molar-refractivity contribution in [3.05, 3.63) is 0 Å². The molecule has 1 N–H and O–H groups in total. The number of thioether (sulfide) groups is 1. The van der Waals surface area contributed by atoms with Crippen molar-refractivity contribution >= 4 is 11.8 Å². The molecule has 6 nitrogen and oxygen atoms in total. The molecule has 0 bridgehead atoms. The molecule has 1 aromatic rings. The molecule has 21 heavy (non-hydrogen) atoms. The zero-order valence-electron chi connectivity index (χ0n) is 13.4. The van der Waals surface area contributed by atoms with Crippen molar-refractivity contribution in [2.75, 3.05) is 32.6 Å². The molecule has 1 aromatic heterocycles. The zero-order chi connectivity index (χ0) is 15.2. The van der Waals surface area contributed by atoms with Crippen LogP contribution in [-0.4, -0.2) is 52.8 Å². The van der Waals surface area contributed by atoms with Crippen molar-refractivity contribution in [3.8, 4) is 0 Å². The lowest BCUT2D eigenvalue weighted by Crippen LogP contribution is -2.24. The van der Waals surface area contributed by atoms with E-state index in [0.717, 1.165) is 37.2 Å². The van der Waals surface area contributed by atoms with E-state index in [4.69, 9.17) is 4.74 Å². The minimum absolute atomic E-state index is 0.731. The Bertz CT molecular complexity index is 348. The average Bonchev–Trinajstić information content (AvgIpc) is 2.94. The first-order valence-corrected chi connectivity index (χ1v) is 8.95. The third kappa shape index (κ3) is 9.06. The lowest BCUT2D eigenvalue weighted by atomic mass is 10.1. The molecule has 0 fully saturated rings. The molecule has 1 rings (SSSR count). The van der Waals surface area contributed by atoms with Crippen molar-refractivity contribution in [1.82, 2.24) is 25.5 Å². The highest BCUT2D eigenvalue weighted by molar-refractivity contribution is 7.99. The van der Waals surface area contributed by atoms with Gasteiger partial charge in [0.15, 0.2) is 0 Å². The van der Waals surface area contributed by atoms with E-state index in [9.17, 15) is 0 Å². The van der Waals surface area contributed by atoms with E-state index in [-0.39, 0.29) is 0 Å². The van der Waals surface area contributed by atoms with Gasteiger partial charge in [-0.25, -0.2) is 4.68 Å². The molecule has 0 aromatic carbocycles. The van der Waals surface area contributed by atoms with Crippen molar-refractivity contribution < 1.29 is 4.74 Å². The van der Waals surface area contributed by atoms with E-state index in [0.29, 0.717) is 0 Å². The van der Waals surface area contributed by atoms with Crippen molar-refractivity contribution in [2.45, 2.75) is 57.1 Å². The number of unbranched alkanes of at least 4 members (excludes halogenated alkanes) is 5. The monoisotopic (exact) mass is 315 g/mol. The van der Waals surface area contributed by atoms with Crippen LogP contribution in [0, 0.1) is 0 Å². The van der Waals surface area contributed by atoms with Gasteiger partial charge in [-0.1, -0.05) is 50.8 Å². The van der Waals surface area contributed by atoms with E-state index in [1.807, 2.05) is 4.68 Å². The van der Waals surface area contributed by atoms with Gasteiger partial charge < -0.3 is 10.1 Å². The van der Waals surface area contributed by atoms with Gasteiger partial charge in [-0.3, -0.25) is 0 Å². The van der Waals surface area contributed by atoms with Crippen molar-refractivity contribution in [1.29, 1.82) is 0 Å². The summed E-state index contributed by atoms with van der Waals surface area (Å²) in [5, 5.41) is 16.1. The van der Waals surface area contributed by atoms with Crippen LogP contribution in [0.1, 0.15) is 45.4 Å². The van der Waals surface area contributed by atoms with E-state index in [1.165, 1.54) is 38.5 Å². The smallest absolute Gasteiger partial charge is 0.209 e. The Balaban J connectivity index is 2.08. The number of hydrogen-bond donors (Lipinski definition) is 1. The Hall–Kier alpha value is -0.660. The summed E-state index contributed by atoms with van der Waals surface area (Å²) >= 11 is 1.76. The van der Waals surface area contributed by atoms with Gasteiger partial charge in [-0.2, -0.15) is 0 Å². The van der Waals surface area contributed by atoms with Crippen LogP contribution >= 0.6 is 11.8 Å². The van der Waals surface area contributed by atoms with Crippen LogP contribution in [-0.2, 0) is 11.3 Å². The predicted molar refractivity (Wildman–Crippen MR) is 86.7 cm³/mol. The van der Waals surface area contributed by atoms with E-state index in [1.54, 1.807) is 18.9 Å². The van der Waals surface area contributed by atoms with Crippen LogP contribution in [0.3, 0.4) is 0 Å². The number of hydrogen-bond acceptors (Lipinski definition) is 6. The predicted octanol–water partition coefficient (Wildman–Crippen LogP) is 2.36. The second-order valence-corrected chi connectivity index (χ2v) is 6.11. The highest BCUT2D eigenvalue weighted by Crippen LogP contribution is 2.16. The number of nitrogens with zero attached hydrogens (tertiary/aromatic N) is 4. The van der Waals surface area contributed by atoms with Crippen molar-refractivity contribution in [3.63, 3.8) is 0 Å². The second kappa shape index (κ2) is 13.0. The van der Waals surface area contributed by atoms with Gasteiger partial charge in [0, 0.05) is 26.0 Å². The summed E-state index contributed by atoms with van der Waals surface area (Å²) < 4.78 is 6.87. The number of aromatic nitrogens is 4. The maximum absolute atomic E-state index is 4.99. The van der Waals surface area contributed by atoms with Gasteiger partial charge >= 0.3 is 0 Å². The number of nitrogens with one attached hydrogen (secondary N) is 1. The number of rotatable bonds is 14. The lowest BCUT2D eigenvalue weighted by molar-refractivity contribution is 0.199. The molecule has 0 aliphatic heterocycles. The molecule has 0 amide bonds. The summed E-state index contributed by atoms with van der Waals surface area (Å²) in [6.07, 6.45) is 7.94. The molecule has 0 saturated carbocycles. The lowest BCUT2D eigenvalue weighted by Gasteiger charge is -2.06. The van der Waals surface area contributed by atoms with Gasteiger partial charge in [-0.05, 0) is 16.8 Å². The Labute approximate surface area is 132 Å². The molecule has 0 saturated heterocycles. The second-order valence-electron chi connectivity index (χ2n) is 5.04. The summed E-state index contributed by atoms with van der Waals surface area (Å²) in [6, 6.07) is 0. The van der Waals surface area contributed by atoms with E-state index < -0.39 is 0 Å². The number of methoxy groups -OCH3 is 1. The Morgan fingerprint density at radius 1 is 1.14 bits per heavy atom. The first kappa shape index (κ1) is 18.4. The first-order valence-electron chi connectivity index (χ1n) is 7.97. The standard InChI is InChI=1S/C14H29N5OS/c1-3-4-5-6-7-8-13-21-14-16-17-18-19(14)11-9-15-10-12-20-2/h15H,3-13H2,1-2H3. The summed E-state index contributed by atoms with van der Waals surface area (Å²) in [5.41, 5.74) is 0. The molecule has 0 aliphatic carbocycles.